The monoisotopic (exact) mass is 650 g/mol. The molecular weight excluding hydrogens is 609 g/mol. The molecule has 47 heavy (non-hydrogen) atoms. The second-order valence-electron chi connectivity index (χ2n) is 11.1. The largest absolute Gasteiger partial charge is 0.497 e. The first kappa shape index (κ1) is 35.4. The fraction of sp³-hybridized carbons (Fsp3) is 0.378. The van der Waals surface area contributed by atoms with Crippen LogP contribution in [0, 0.1) is 0 Å². The van der Waals surface area contributed by atoms with Gasteiger partial charge < -0.3 is 18.9 Å². The molecule has 4 rings (SSSR count). The van der Waals surface area contributed by atoms with Crippen LogP contribution in [0.15, 0.2) is 85.2 Å². The molecule has 250 valence electrons. The van der Waals surface area contributed by atoms with Crippen LogP contribution in [0.2, 0.25) is 0 Å². The number of methoxy groups -OCH3 is 1. The average Bonchev–Trinajstić information content (AvgIpc) is 3.08. The van der Waals surface area contributed by atoms with E-state index in [4.69, 9.17) is 18.9 Å². The molecule has 0 fully saturated rings. The van der Waals surface area contributed by atoms with E-state index in [0.29, 0.717) is 43.2 Å². The Balaban J connectivity index is 1.17. The smallest absolute Gasteiger partial charge is 0.418 e. The molecule has 0 aliphatic heterocycles. The summed E-state index contributed by atoms with van der Waals surface area (Å²) in [7, 11) is 1.45. The summed E-state index contributed by atoms with van der Waals surface area (Å²) < 4.78 is 62.0. The number of carbonyl (C=O) groups is 1. The Bertz CT molecular complexity index is 1490. The zero-order valence-corrected chi connectivity index (χ0v) is 26.8. The molecule has 1 atom stereocenters. The van der Waals surface area contributed by atoms with E-state index >= 15 is 0 Å². The molecule has 1 heterocycles. The third-order valence-electron chi connectivity index (χ3n) is 7.48. The molecule has 0 aliphatic rings. The summed E-state index contributed by atoms with van der Waals surface area (Å²) in [6.45, 7) is 2.81. The van der Waals surface area contributed by atoms with Crippen molar-refractivity contribution in [2.24, 2.45) is 0 Å². The zero-order chi connectivity index (χ0) is 33.5. The van der Waals surface area contributed by atoms with Crippen molar-refractivity contribution in [3.05, 3.63) is 90.8 Å². The highest BCUT2D eigenvalue weighted by Crippen LogP contribution is 2.36. The lowest BCUT2D eigenvalue weighted by Crippen LogP contribution is -2.24. The van der Waals surface area contributed by atoms with Crippen molar-refractivity contribution < 1.29 is 36.9 Å². The lowest BCUT2D eigenvalue weighted by molar-refractivity contribution is -0.224. The van der Waals surface area contributed by atoms with Gasteiger partial charge >= 0.3 is 12.1 Å². The quantitative estimate of drug-likeness (QED) is 0.0603. The summed E-state index contributed by atoms with van der Waals surface area (Å²) in [5.41, 5.74) is 2.59. The third-order valence-corrected chi connectivity index (χ3v) is 7.48. The van der Waals surface area contributed by atoms with Crippen molar-refractivity contribution in [2.45, 2.75) is 70.6 Å². The zero-order valence-electron chi connectivity index (χ0n) is 26.8. The number of benzene rings is 3. The minimum absolute atomic E-state index is 0.0116. The van der Waals surface area contributed by atoms with E-state index < -0.39 is 18.2 Å². The van der Waals surface area contributed by atoms with Crippen molar-refractivity contribution >= 4 is 5.97 Å². The van der Waals surface area contributed by atoms with E-state index in [-0.39, 0.29) is 18.6 Å². The van der Waals surface area contributed by atoms with Gasteiger partial charge in [0.1, 0.15) is 17.2 Å². The SMILES string of the molecule is CCCCCCOc1ccc(-c2ncc(-c3ccc(OC(=O)CCCCCO[C@@H](c4ccc(OC)cc4)C(F)(F)F)cc3)cn2)cc1. The second-order valence-corrected chi connectivity index (χ2v) is 11.1. The van der Waals surface area contributed by atoms with Gasteiger partial charge in [-0.25, -0.2) is 9.97 Å². The highest BCUT2D eigenvalue weighted by atomic mass is 19.4. The number of aromatic nitrogens is 2. The standard InChI is InChI=1S/C37H41F3N2O5/c1-3-4-5-8-23-45-32-19-15-29(16-20-32)36-41-25-30(26-42-36)27-11-21-33(22-12-27)47-34(43)10-7-6-9-24-46-35(37(38,39)40)28-13-17-31(44-2)18-14-28/h11-22,25-26,35H,3-10,23-24H2,1-2H3/t35-/m0/s1. The molecule has 1 aromatic heterocycles. The molecule has 10 heteroatoms. The van der Waals surface area contributed by atoms with E-state index in [9.17, 15) is 18.0 Å². The molecule has 0 aliphatic carbocycles. The first-order valence-corrected chi connectivity index (χ1v) is 16.0. The lowest BCUT2D eigenvalue weighted by atomic mass is 10.1. The summed E-state index contributed by atoms with van der Waals surface area (Å²) in [4.78, 5) is 21.3. The van der Waals surface area contributed by atoms with Gasteiger partial charge in [0.15, 0.2) is 11.9 Å². The molecule has 0 amide bonds. The van der Waals surface area contributed by atoms with E-state index in [1.807, 2.05) is 36.4 Å². The molecule has 0 saturated heterocycles. The fourth-order valence-electron chi connectivity index (χ4n) is 4.85. The number of halogens is 3. The van der Waals surface area contributed by atoms with E-state index in [2.05, 4.69) is 16.9 Å². The number of ether oxygens (including phenoxy) is 4. The topological polar surface area (TPSA) is 79.8 Å². The predicted molar refractivity (Wildman–Crippen MR) is 174 cm³/mol. The maximum atomic E-state index is 13.5. The van der Waals surface area contributed by atoms with Crippen LogP contribution in [0.3, 0.4) is 0 Å². The Kier molecular flexibility index (Phi) is 13.6. The molecule has 0 bridgehead atoms. The number of nitrogens with zero attached hydrogens (tertiary/aromatic N) is 2. The van der Waals surface area contributed by atoms with Crippen molar-refractivity contribution in [3.8, 4) is 39.8 Å². The fourth-order valence-corrected chi connectivity index (χ4v) is 4.85. The van der Waals surface area contributed by atoms with Gasteiger partial charge in [-0.15, -0.1) is 0 Å². The maximum Gasteiger partial charge on any atom is 0.418 e. The van der Waals surface area contributed by atoms with Crippen molar-refractivity contribution in [1.29, 1.82) is 0 Å². The van der Waals surface area contributed by atoms with E-state index in [0.717, 1.165) is 28.9 Å². The highest BCUT2D eigenvalue weighted by Gasteiger charge is 2.41. The van der Waals surface area contributed by atoms with Crippen LogP contribution in [0.25, 0.3) is 22.5 Å². The molecular formula is C37H41F3N2O5. The lowest BCUT2D eigenvalue weighted by Gasteiger charge is -2.21. The Morgan fingerprint density at radius 1 is 0.702 bits per heavy atom. The molecule has 0 N–H and O–H groups in total. The molecule has 0 saturated carbocycles. The normalized spacial score (nSPS) is 12.0. The molecule has 4 aromatic rings. The molecule has 0 spiro atoms. The summed E-state index contributed by atoms with van der Waals surface area (Å²) in [6.07, 6.45) is 3.10. The van der Waals surface area contributed by atoms with Crippen LogP contribution in [0.5, 0.6) is 17.2 Å². The van der Waals surface area contributed by atoms with Gasteiger partial charge in [0.2, 0.25) is 0 Å². The maximum absolute atomic E-state index is 13.5. The van der Waals surface area contributed by atoms with Crippen molar-refractivity contribution in [1.82, 2.24) is 9.97 Å². The number of rotatable bonds is 18. The minimum Gasteiger partial charge on any atom is -0.497 e. The van der Waals surface area contributed by atoms with Gasteiger partial charge in [-0.1, -0.05) is 56.9 Å². The van der Waals surface area contributed by atoms with Gasteiger partial charge in [0.25, 0.3) is 0 Å². The first-order chi connectivity index (χ1) is 22.8. The third kappa shape index (κ3) is 11.4. The van der Waals surface area contributed by atoms with Crippen LogP contribution in [-0.4, -0.2) is 42.4 Å². The molecule has 3 aromatic carbocycles. The van der Waals surface area contributed by atoms with Gasteiger partial charge in [0, 0.05) is 36.5 Å². The summed E-state index contributed by atoms with van der Waals surface area (Å²) in [6, 6.07) is 20.4. The second kappa shape index (κ2) is 18.0. The number of esters is 1. The summed E-state index contributed by atoms with van der Waals surface area (Å²) >= 11 is 0. The highest BCUT2D eigenvalue weighted by molar-refractivity contribution is 5.73. The van der Waals surface area contributed by atoms with Crippen molar-refractivity contribution in [2.75, 3.05) is 20.3 Å². The van der Waals surface area contributed by atoms with Crippen LogP contribution >= 0.6 is 0 Å². The van der Waals surface area contributed by atoms with Gasteiger partial charge in [-0.05, 0) is 78.9 Å². The number of hydrogen-bond donors (Lipinski definition) is 0. The Hall–Kier alpha value is -4.44. The van der Waals surface area contributed by atoms with Gasteiger partial charge in [-0.2, -0.15) is 13.2 Å². The number of alkyl halides is 3. The number of hydrogen-bond acceptors (Lipinski definition) is 7. The van der Waals surface area contributed by atoms with E-state index in [1.54, 1.807) is 24.5 Å². The van der Waals surface area contributed by atoms with Gasteiger partial charge in [-0.3, -0.25) is 4.79 Å². The minimum atomic E-state index is -4.54. The molecule has 0 unspecified atom stereocenters. The average molecular weight is 651 g/mol. The van der Waals surface area contributed by atoms with E-state index in [1.165, 1.54) is 50.6 Å². The summed E-state index contributed by atoms with van der Waals surface area (Å²) in [5, 5.41) is 0. The van der Waals surface area contributed by atoms with Crippen LogP contribution in [0.1, 0.15) is 70.0 Å². The Morgan fingerprint density at radius 3 is 1.94 bits per heavy atom. The van der Waals surface area contributed by atoms with Crippen LogP contribution < -0.4 is 14.2 Å². The summed E-state index contributed by atoms with van der Waals surface area (Å²) in [5.74, 6) is 1.90. The van der Waals surface area contributed by atoms with Crippen LogP contribution in [-0.2, 0) is 9.53 Å². The number of unbranched alkanes of at least 4 members (excludes halogenated alkanes) is 5. The van der Waals surface area contributed by atoms with Crippen LogP contribution in [0.4, 0.5) is 13.2 Å². The Labute approximate surface area is 274 Å². The van der Waals surface area contributed by atoms with Gasteiger partial charge in [0.05, 0.1) is 13.7 Å². The Morgan fingerprint density at radius 2 is 1.30 bits per heavy atom. The van der Waals surface area contributed by atoms with Crippen molar-refractivity contribution in [3.63, 3.8) is 0 Å². The first-order valence-electron chi connectivity index (χ1n) is 16.0. The molecule has 7 nitrogen and oxygen atoms in total. The number of carbonyl (C=O) groups excluding carboxylic acids is 1. The molecule has 0 radical (unpaired) electrons. The predicted octanol–water partition coefficient (Wildman–Crippen LogP) is 9.56.